The van der Waals surface area contributed by atoms with Crippen molar-refractivity contribution in [2.45, 2.75) is 13.3 Å². The minimum absolute atomic E-state index is 0.00930. The quantitative estimate of drug-likeness (QED) is 0.453. The van der Waals surface area contributed by atoms with Crippen molar-refractivity contribution in [1.82, 2.24) is 0 Å². The number of nitro groups is 1. The van der Waals surface area contributed by atoms with E-state index in [2.05, 4.69) is 4.18 Å². The Morgan fingerprint density at radius 1 is 1.41 bits per heavy atom. The van der Waals surface area contributed by atoms with Gasteiger partial charge in [0.2, 0.25) is 0 Å². The Morgan fingerprint density at radius 2 is 2.06 bits per heavy atom. The Morgan fingerprint density at radius 3 is 2.59 bits per heavy atom. The molecule has 0 amide bonds. The van der Waals surface area contributed by atoms with E-state index in [0.717, 1.165) is 11.8 Å². The van der Waals surface area contributed by atoms with E-state index < -0.39 is 15.0 Å². The minimum Gasteiger partial charge on any atom is -0.270 e. The highest BCUT2D eigenvalue weighted by Gasteiger charge is 2.09. The van der Waals surface area contributed by atoms with Crippen molar-refractivity contribution in [2.24, 2.45) is 0 Å². The summed E-state index contributed by atoms with van der Waals surface area (Å²) in [6.45, 7) is 1.79. The zero-order valence-electron chi connectivity index (χ0n) is 9.54. The van der Waals surface area contributed by atoms with Crippen LogP contribution in [-0.2, 0) is 20.7 Å². The van der Waals surface area contributed by atoms with Gasteiger partial charge in [-0.25, -0.2) is 0 Å². The van der Waals surface area contributed by atoms with E-state index in [4.69, 9.17) is 0 Å². The summed E-state index contributed by atoms with van der Waals surface area (Å²) in [5, 5.41) is 10.6. The highest BCUT2D eigenvalue weighted by atomic mass is 32.2. The molecule has 94 valence electrons. The van der Waals surface area contributed by atoms with Gasteiger partial charge in [0.25, 0.3) is 15.8 Å². The molecule has 7 heteroatoms. The molecule has 0 aromatic heterocycles. The molecule has 1 rings (SSSR count). The number of aryl methyl sites for hydroxylation is 1. The summed E-state index contributed by atoms with van der Waals surface area (Å²) < 4.78 is 26.1. The van der Waals surface area contributed by atoms with Gasteiger partial charge in [0.1, 0.15) is 0 Å². The van der Waals surface area contributed by atoms with Crippen LogP contribution in [0.1, 0.15) is 11.1 Å². The third-order valence-corrected chi connectivity index (χ3v) is 2.81. The van der Waals surface area contributed by atoms with Crippen molar-refractivity contribution in [2.75, 3.05) is 12.9 Å². The number of non-ortho nitro benzene ring substituents is 1. The molecule has 0 N–H and O–H groups in total. The smallest absolute Gasteiger partial charge is 0.269 e. The summed E-state index contributed by atoms with van der Waals surface area (Å²) in [5.74, 6) is 0. The first-order valence-electron chi connectivity index (χ1n) is 4.88. The Labute approximate surface area is 99.5 Å². The van der Waals surface area contributed by atoms with Gasteiger partial charge < -0.3 is 0 Å². The molecule has 1 aromatic rings. The molecule has 0 saturated heterocycles. The van der Waals surface area contributed by atoms with Gasteiger partial charge >= 0.3 is 0 Å². The van der Waals surface area contributed by atoms with Crippen LogP contribution in [-0.4, -0.2) is 26.2 Å². The van der Waals surface area contributed by atoms with Gasteiger partial charge in [-0.2, -0.15) is 8.42 Å². The molecule has 0 aliphatic rings. The first kappa shape index (κ1) is 13.6. The van der Waals surface area contributed by atoms with Crippen molar-refractivity contribution in [1.29, 1.82) is 0 Å². The maximum absolute atomic E-state index is 10.8. The maximum Gasteiger partial charge on any atom is 0.269 e. The van der Waals surface area contributed by atoms with E-state index in [1.54, 1.807) is 13.0 Å². The monoisotopic (exact) mass is 259 g/mol. The average molecular weight is 259 g/mol. The predicted molar refractivity (Wildman–Crippen MR) is 62.3 cm³/mol. The van der Waals surface area contributed by atoms with Crippen molar-refractivity contribution in [3.63, 3.8) is 0 Å². The molecule has 0 aliphatic heterocycles. The average Bonchev–Trinajstić information content (AvgIpc) is 2.18. The fourth-order valence-corrected chi connectivity index (χ4v) is 1.73. The lowest BCUT2D eigenvalue weighted by molar-refractivity contribution is -0.384. The lowest BCUT2D eigenvalue weighted by Gasteiger charge is -2.05. The Hall–Kier alpha value is -1.47. The number of nitrogens with zero attached hydrogens (tertiary/aromatic N) is 1. The van der Waals surface area contributed by atoms with Gasteiger partial charge in [-0.15, -0.1) is 0 Å². The summed E-state index contributed by atoms with van der Waals surface area (Å²) in [7, 11) is -3.47. The summed E-state index contributed by atoms with van der Waals surface area (Å²) in [6, 6.07) is 4.48. The summed E-state index contributed by atoms with van der Waals surface area (Å²) in [6.07, 6.45) is 1.29. The molecule has 0 saturated carbocycles. The van der Waals surface area contributed by atoms with Gasteiger partial charge in [0.15, 0.2) is 0 Å². The van der Waals surface area contributed by atoms with Gasteiger partial charge in [0.05, 0.1) is 17.8 Å². The number of benzene rings is 1. The molecule has 0 bridgehead atoms. The third-order valence-electron chi connectivity index (χ3n) is 2.21. The SMILES string of the molecule is Cc1ccc([N+](=O)[O-])cc1CCOS(C)(=O)=O. The van der Waals surface area contributed by atoms with Crippen LogP contribution in [0.25, 0.3) is 0 Å². The highest BCUT2D eigenvalue weighted by molar-refractivity contribution is 7.85. The van der Waals surface area contributed by atoms with Crippen LogP contribution in [0.4, 0.5) is 5.69 Å². The molecule has 0 heterocycles. The van der Waals surface area contributed by atoms with Crippen molar-refractivity contribution >= 4 is 15.8 Å². The molecule has 0 spiro atoms. The second kappa shape index (κ2) is 5.24. The molecule has 0 aliphatic carbocycles. The fraction of sp³-hybridized carbons (Fsp3) is 0.400. The Balaban J connectivity index is 2.76. The van der Waals surface area contributed by atoms with Crippen LogP contribution in [0.15, 0.2) is 18.2 Å². The van der Waals surface area contributed by atoms with Crippen molar-refractivity contribution in [3.05, 3.63) is 39.4 Å². The van der Waals surface area contributed by atoms with Gasteiger partial charge in [0, 0.05) is 12.1 Å². The van der Waals surface area contributed by atoms with Crippen LogP contribution in [0.3, 0.4) is 0 Å². The lowest BCUT2D eigenvalue weighted by atomic mass is 10.1. The van der Waals surface area contributed by atoms with E-state index >= 15 is 0 Å². The molecule has 0 fully saturated rings. The van der Waals surface area contributed by atoms with Crippen LogP contribution in [0, 0.1) is 17.0 Å². The summed E-state index contributed by atoms with van der Waals surface area (Å²) in [5.41, 5.74) is 1.57. The second-order valence-electron chi connectivity index (χ2n) is 3.64. The van der Waals surface area contributed by atoms with E-state index in [-0.39, 0.29) is 12.3 Å². The first-order chi connectivity index (χ1) is 7.79. The second-order valence-corrected chi connectivity index (χ2v) is 5.29. The number of nitro benzene ring substituents is 1. The van der Waals surface area contributed by atoms with Gasteiger partial charge in [-0.05, 0) is 24.5 Å². The summed E-state index contributed by atoms with van der Waals surface area (Å²) >= 11 is 0. The van der Waals surface area contributed by atoms with E-state index in [1.165, 1.54) is 12.1 Å². The zero-order valence-corrected chi connectivity index (χ0v) is 10.4. The minimum atomic E-state index is -3.47. The normalized spacial score (nSPS) is 11.4. The lowest BCUT2D eigenvalue weighted by Crippen LogP contribution is -2.07. The molecule has 0 radical (unpaired) electrons. The number of hydrogen-bond donors (Lipinski definition) is 0. The first-order valence-corrected chi connectivity index (χ1v) is 6.69. The largest absolute Gasteiger partial charge is 0.270 e. The van der Waals surface area contributed by atoms with Crippen LogP contribution in [0.2, 0.25) is 0 Å². The van der Waals surface area contributed by atoms with E-state index in [0.29, 0.717) is 12.0 Å². The van der Waals surface area contributed by atoms with E-state index in [1.807, 2.05) is 0 Å². The zero-order chi connectivity index (χ0) is 13.1. The highest BCUT2D eigenvalue weighted by Crippen LogP contribution is 2.17. The Kier molecular flexibility index (Phi) is 4.19. The standard InChI is InChI=1S/C10H13NO5S/c1-8-3-4-10(11(12)13)7-9(8)5-6-16-17(2,14)15/h3-4,7H,5-6H2,1-2H3. The molecule has 6 nitrogen and oxygen atoms in total. The van der Waals surface area contributed by atoms with Crippen molar-refractivity contribution < 1.29 is 17.5 Å². The van der Waals surface area contributed by atoms with Crippen LogP contribution in [0.5, 0.6) is 0 Å². The van der Waals surface area contributed by atoms with Gasteiger partial charge in [-0.1, -0.05) is 6.07 Å². The topological polar surface area (TPSA) is 86.5 Å². The third kappa shape index (κ3) is 4.49. The van der Waals surface area contributed by atoms with Crippen molar-refractivity contribution in [3.8, 4) is 0 Å². The molecular weight excluding hydrogens is 246 g/mol. The number of rotatable bonds is 5. The fourth-order valence-electron chi connectivity index (χ4n) is 1.34. The van der Waals surface area contributed by atoms with Crippen LogP contribution < -0.4 is 0 Å². The maximum atomic E-state index is 10.8. The molecule has 1 aromatic carbocycles. The predicted octanol–water partition coefficient (Wildman–Crippen LogP) is 1.42. The molecule has 0 unspecified atom stereocenters. The number of hydrogen-bond acceptors (Lipinski definition) is 5. The molecule has 17 heavy (non-hydrogen) atoms. The molecule has 0 atom stereocenters. The van der Waals surface area contributed by atoms with Gasteiger partial charge in [-0.3, -0.25) is 14.3 Å². The van der Waals surface area contributed by atoms with E-state index in [9.17, 15) is 18.5 Å². The molecular formula is C10H13NO5S. The van der Waals surface area contributed by atoms with Crippen LogP contribution >= 0.6 is 0 Å². The Bertz CT molecular complexity index is 523. The summed E-state index contributed by atoms with van der Waals surface area (Å²) in [4.78, 5) is 10.1.